The minimum atomic E-state index is -4.55. The number of alkyl halides is 3. The second-order valence-corrected chi connectivity index (χ2v) is 7.31. The van der Waals surface area contributed by atoms with Gasteiger partial charge in [0.1, 0.15) is 6.54 Å². The van der Waals surface area contributed by atoms with E-state index in [0.717, 1.165) is 6.07 Å². The molecule has 0 aliphatic carbocycles. The van der Waals surface area contributed by atoms with Crippen molar-refractivity contribution in [2.24, 2.45) is 5.73 Å². The van der Waals surface area contributed by atoms with E-state index >= 15 is 0 Å². The Morgan fingerprint density at radius 2 is 1.77 bits per heavy atom. The Kier molecular flexibility index (Phi) is 9.04. The predicted octanol–water partition coefficient (Wildman–Crippen LogP) is 2.20. The molecule has 11 heteroatoms. The van der Waals surface area contributed by atoms with Crippen LogP contribution < -0.4 is 15.8 Å². The molecule has 0 aromatic heterocycles. The molecule has 1 amide bonds. The molecule has 0 radical (unpaired) electrons. The van der Waals surface area contributed by atoms with Crippen molar-refractivity contribution in [3.8, 4) is 0 Å². The summed E-state index contributed by atoms with van der Waals surface area (Å²) in [5, 5.41) is 1.70. The molecule has 6 nitrogen and oxygen atoms in total. The van der Waals surface area contributed by atoms with E-state index in [2.05, 4.69) is 4.72 Å². The number of nitrogens with two attached hydrogens (primary N) is 1. The fourth-order valence-corrected chi connectivity index (χ4v) is 3.76. The Labute approximate surface area is 157 Å². The van der Waals surface area contributed by atoms with Crippen molar-refractivity contribution in [2.75, 3.05) is 13.1 Å². The fourth-order valence-electron chi connectivity index (χ4n) is 2.16. The van der Waals surface area contributed by atoms with Crippen molar-refractivity contribution >= 4 is 28.3 Å². The van der Waals surface area contributed by atoms with Crippen LogP contribution in [0.5, 0.6) is 0 Å². The number of halogens is 4. The largest absolute Gasteiger partial charge is 0.405 e. The van der Waals surface area contributed by atoms with Gasteiger partial charge in [0.15, 0.2) is 0 Å². The summed E-state index contributed by atoms with van der Waals surface area (Å²) < 4.78 is 64.1. The Morgan fingerprint density at radius 3 is 2.23 bits per heavy atom. The first-order valence-electron chi connectivity index (χ1n) is 7.67. The average Bonchev–Trinajstić information content (AvgIpc) is 2.57. The van der Waals surface area contributed by atoms with Crippen molar-refractivity contribution in [2.45, 2.75) is 43.3 Å². The summed E-state index contributed by atoms with van der Waals surface area (Å²) >= 11 is 0. The maximum absolute atomic E-state index is 12.5. The van der Waals surface area contributed by atoms with Crippen LogP contribution in [0, 0.1) is 0 Å². The lowest BCUT2D eigenvalue weighted by Crippen LogP contribution is -2.52. The van der Waals surface area contributed by atoms with Gasteiger partial charge in [-0.1, -0.05) is 19.9 Å². The summed E-state index contributed by atoms with van der Waals surface area (Å²) in [5.74, 6) is -1.01. The fraction of sp³-hybridized carbons (Fsp3) is 0.533. The van der Waals surface area contributed by atoms with Gasteiger partial charge in [0, 0.05) is 17.6 Å². The Bertz CT molecular complexity index is 699. The average molecular weight is 418 g/mol. The number of carbonyl (C=O) groups is 1. The van der Waals surface area contributed by atoms with E-state index in [-0.39, 0.29) is 29.4 Å². The van der Waals surface area contributed by atoms with Gasteiger partial charge in [0.05, 0.1) is 4.90 Å². The van der Waals surface area contributed by atoms with Gasteiger partial charge < -0.3 is 11.1 Å². The van der Waals surface area contributed by atoms with Gasteiger partial charge in [-0.15, -0.1) is 12.4 Å². The van der Waals surface area contributed by atoms with Crippen LogP contribution in [0.25, 0.3) is 0 Å². The van der Waals surface area contributed by atoms with Crippen molar-refractivity contribution < 1.29 is 26.4 Å². The van der Waals surface area contributed by atoms with Crippen LogP contribution in [0.15, 0.2) is 29.2 Å². The molecular weight excluding hydrogens is 395 g/mol. The van der Waals surface area contributed by atoms with Gasteiger partial charge in [0.2, 0.25) is 10.0 Å². The zero-order chi connectivity index (χ0) is 19.3. The molecule has 0 spiro atoms. The maximum Gasteiger partial charge on any atom is 0.405 e. The molecule has 0 aliphatic heterocycles. The molecule has 0 aliphatic rings. The number of hydrogen-bond acceptors (Lipinski definition) is 4. The first-order valence-corrected chi connectivity index (χ1v) is 9.16. The number of sulfonamides is 1. The van der Waals surface area contributed by atoms with E-state index in [4.69, 9.17) is 5.73 Å². The number of nitrogens with one attached hydrogen (secondary N) is 2. The summed E-state index contributed by atoms with van der Waals surface area (Å²) in [6, 6.07) is 4.82. The van der Waals surface area contributed by atoms with Gasteiger partial charge >= 0.3 is 6.18 Å². The highest BCUT2D eigenvalue weighted by Gasteiger charge is 2.31. The number of amides is 1. The van der Waals surface area contributed by atoms with Gasteiger partial charge in [-0.25, -0.2) is 13.1 Å². The highest BCUT2D eigenvalue weighted by molar-refractivity contribution is 7.89. The normalized spacial score (nSPS) is 12.4. The minimum Gasteiger partial charge on any atom is -0.343 e. The highest BCUT2D eigenvalue weighted by atomic mass is 35.5. The predicted molar refractivity (Wildman–Crippen MR) is 94.8 cm³/mol. The van der Waals surface area contributed by atoms with Gasteiger partial charge in [-0.05, 0) is 31.0 Å². The number of carbonyl (C=O) groups excluding carboxylic acids is 1. The third kappa shape index (κ3) is 6.75. The monoisotopic (exact) mass is 417 g/mol. The summed E-state index contributed by atoms with van der Waals surface area (Å²) in [6.07, 6.45) is -3.63. The van der Waals surface area contributed by atoms with Crippen LogP contribution in [-0.2, 0) is 10.0 Å². The molecule has 0 heterocycles. The lowest BCUT2D eigenvalue weighted by atomic mass is 9.95. The third-order valence-electron chi connectivity index (χ3n) is 3.95. The summed E-state index contributed by atoms with van der Waals surface area (Å²) in [5.41, 5.74) is 4.67. The minimum absolute atomic E-state index is 0. The van der Waals surface area contributed by atoms with E-state index in [1.54, 1.807) is 19.2 Å². The molecule has 0 atom stereocenters. The van der Waals surface area contributed by atoms with Crippen molar-refractivity contribution in [3.05, 3.63) is 29.8 Å². The number of benzene rings is 1. The molecule has 26 heavy (non-hydrogen) atoms. The smallest absolute Gasteiger partial charge is 0.343 e. The first kappa shape index (κ1) is 24.6. The van der Waals surface area contributed by atoms with Gasteiger partial charge in [-0.2, -0.15) is 13.2 Å². The SMILES string of the molecule is CCC(CC)(CN)NS(=O)(=O)c1cccc(C(=O)NCC(F)(F)F)c1.Cl. The molecule has 0 saturated carbocycles. The Balaban J connectivity index is 0.00000625. The van der Waals surface area contributed by atoms with Crippen LogP contribution in [0.2, 0.25) is 0 Å². The van der Waals surface area contributed by atoms with Crippen LogP contribution in [0.3, 0.4) is 0 Å². The second kappa shape index (κ2) is 9.54. The van der Waals surface area contributed by atoms with E-state index in [1.807, 2.05) is 0 Å². The quantitative estimate of drug-likeness (QED) is 0.603. The molecule has 1 rings (SSSR count). The molecule has 4 N–H and O–H groups in total. The lowest BCUT2D eigenvalue weighted by Gasteiger charge is -2.31. The summed E-state index contributed by atoms with van der Waals surface area (Å²) in [7, 11) is -3.99. The summed E-state index contributed by atoms with van der Waals surface area (Å²) in [4.78, 5) is 11.6. The lowest BCUT2D eigenvalue weighted by molar-refractivity contribution is -0.123. The maximum atomic E-state index is 12.5. The summed E-state index contributed by atoms with van der Waals surface area (Å²) in [6.45, 7) is 2.17. The zero-order valence-electron chi connectivity index (χ0n) is 14.4. The molecule has 1 aromatic carbocycles. The number of rotatable bonds is 8. The Morgan fingerprint density at radius 1 is 1.19 bits per heavy atom. The van der Waals surface area contributed by atoms with E-state index in [9.17, 15) is 26.4 Å². The topological polar surface area (TPSA) is 101 Å². The third-order valence-corrected chi connectivity index (χ3v) is 5.53. The molecule has 0 bridgehead atoms. The molecule has 150 valence electrons. The van der Waals surface area contributed by atoms with E-state index < -0.39 is 34.2 Å². The second-order valence-electron chi connectivity index (χ2n) is 5.62. The van der Waals surface area contributed by atoms with Crippen molar-refractivity contribution in [1.82, 2.24) is 10.0 Å². The highest BCUT2D eigenvalue weighted by Crippen LogP contribution is 2.20. The van der Waals surface area contributed by atoms with Crippen LogP contribution in [0.4, 0.5) is 13.2 Å². The van der Waals surface area contributed by atoms with Gasteiger partial charge in [-0.3, -0.25) is 4.79 Å². The molecule has 0 fully saturated rings. The van der Waals surface area contributed by atoms with Crippen LogP contribution >= 0.6 is 12.4 Å². The molecular formula is C15H23ClF3N3O3S. The van der Waals surface area contributed by atoms with Gasteiger partial charge in [0.25, 0.3) is 5.91 Å². The molecule has 0 saturated heterocycles. The molecule has 1 aromatic rings. The Hall–Kier alpha value is -1.36. The van der Waals surface area contributed by atoms with Crippen LogP contribution in [-0.4, -0.2) is 39.1 Å². The molecule has 0 unspecified atom stereocenters. The number of hydrogen-bond donors (Lipinski definition) is 3. The van der Waals surface area contributed by atoms with E-state index in [0.29, 0.717) is 12.8 Å². The standard InChI is InChI=1S/C15H22F3N3O3S.ClH/c1-3-14(4-2,9-19)21-25(23,24)12-7-5-6-11(8-12)13(22)20-10-15(16,17)18;/h5-8,21H,3-4,9-10,19H2,1-2H3,(H,20,22);1H. The van der Waals surface area contributed by atoms with Crippen LogP contribution in [0.1, 0.15) is 37.0 Å². The zero-order valence-corrected chi connectivity index (χ0v) is 16.0. The van der Waals surface area contributed by atoms with E-state index in [1.165, 1.54) is 18.2 Å². The first-order chi connectivity index (χ1) is 11.5. The van der Waals surface area contributed by atoms with Crippen molar-refractivity contribution in [3.63, 3.8) is 0 Å². The van der Waals surface area contributed by atoms with Crippen molar-refractivity contribution in [1.29, 1.82) is 0 Å².